The smallest absolute Gasteiger partial charge is 0.121 e. The van der Waals surface area contributed by atoms with Gasteiger partial charge in [-0.1, -0.05) is 25.1 Å². The molecule has 0 bridgehead atoms. The SMILES string of the molecule is C/C=C/CNc1cccc(OC(C)CC)c1. The van der Waals surface area contributed by atoms with Crippen LogP contribution in [-0.2, 0) is 0 Å². The summed E-state index contributed by atoms with van der Waals surface area (Å²) in [5.41, 5.74) is 1.10. The molecule has 0 aliphatic rings. The molecule has 88 valence electrons. The Bertz CT molecular complexity index is 333. The van der Waals surface area contributed by atoms with Gasteiger partial charge in [0.05, 0.1) is 6.10 Å². The Labute approximate surface area is 98.3 Å². The van der Waals surface area contributed by atoms with Crippen molar-refractivity contribution in [2.75, 3.05) is 11.9 Å². The summed E-state index contributed by atoms with van der Waals surface area (Å²) in [4.78, 5) is 0. The van der Waals surface area contributed by atoms with Crippen molar-refractivity contribution in [3.8, 4) is 5.75 Å². The van der Waals surface area contributed by atoms with Crippen molar-refractivity contribution in [1.82, 2.24) is 0 Å². The lowest BCUT2D eigenvalue weighted by atomic mass is 10.2. The van der Waals surface area contributed by atoms with E-state index in [1.54, 1.807) is 0 Å². The molecule has 1 N–H and O–H groups in total. The maximum absolute atomic E-state index is 5.75. The second kappa shape index (κ2) is 6.94. The van der Waals surface area contributed by atoms with Crippen LogP contribution in [0.25, 0.3) is 0 Å². The minimum Gasteiger partial charge on any atom is -0.491 e. The molecular formula is C14H21NO. The Morgan fingerprint density at radius 2 is 2.25 bits per heavy atom. The van der Waals surface area contributed by atoms with Crippen molar-refractivity contribution in [1.29, 1.82) is 0 Å². The van der Waals surface area contributed by atoms with E-state index >= 15 is 0 Å². The van der Waals surface area contributed by atoms with E-state index in [0.717, 1.165) is 24.4 Å². The van der Waals surface area contributed by atoms with Gasteiger partial charge in [0.25, 0.3) is 0 Å². The molecule has 0 heterocycles. The van der Waals surface area contributed by atoms with Gasteiger partial charge in [-0.3, -0.25) is 0 Å². The number of hydrogen-bond donors (Lipinski definition) is 1. The van der Waals surface area contributed by atoms with Gasteiger partial charge in [-0.2, -0.15) is 0 Å². The molecule has 0 amide bonds. The van der Waals surface area contributed by atoms with E-state index in [9.17, 15) is 0 Å². The second-order valence-electron chi connectivity index (χ2n) is 3.81. The first-order valence-corrected chi connectivity index (χ1v) is 5.88. The number of ether oxygens (including phenoxy) is 1. The molecule has 1 unspecified atom stereocenters. The van der Waals surface area contributed by atoms with Crippen LogP contribution in [-0.4, -0.2) is 12.6 Å². The number of benzene rings is 1. The van der Waals surface area contributed by atoms with Crippen LogP contribution < -0.4 is 10.1 Å². The predicted molar refractivity (Wildman–Crippen MR) is 70.1 cm³/mol. The summed E-state index contributed by atoms with van der Waals surface area (Å²) in [6.45, 7) is 7.08. The lowest BCUT2D eigenvalue weighted by molar-refractivity contribution is 0.217. The summed E-state index contributed by atoms with van der Waals surface area (Å²) >= 11 is 0. The van der Waals surface area contributed by atoms with E-state index in [1.165, 1.54) is 0 Å². The van der Waals surface area contributed by atoms with Gasteiger partial charge < -0.3 is 10.1 Å². The van der Waals surface area contributed by atoms with Gasteiger partial charge >= 0.3 is 0 Å². The molecule has 0 aliphatic heterocycles. The van der Waals surface area contributed by atoms with Crippen molar-refractivity contribution in [3.63, 3.8) is 0 Å². The fraction of sp³-hybridized carbons (Fsp3) is 0.429. The maximum atomic E-state index is 5.75. The Hall–Kier alpha value is -1.44. The van der Waals surface area contributed by atoms with Gasteiger partial charge in [-0.05, 0) is 32.4 Å². The zero-order valence-corrected chi connectivity index (χ0v) is 10.4. The Morgan fingerprint density at radius 1 is 1.44 bits per heavy atom. The Kier molecular flexibility index (Phi) is 5.48. The first-order chi connectivity index (χ1) is 7.76. The third-order valence-corrected chi connectivity index (χ3v) is 2.41. The van der Waals surface area contributed by atoms with E-state index in [0.29, 0.717) is 0 Å². The number of nitrogens with one attached hydrogen (secondary N) is 1. The van der Waals surface area contributed by atoms with E-state index in [4.69, 9.17) is 4.74 Å². The monoisotopic (exact) mass is 219 g/mol. The van der Waals surface area contributed by atoms with Crippen LogP contribution in [0.1, 0.15) is 27.2 Å². The normalized spacial score (nSPS) is 12.7. The molecule has 0 fully saturated rings. The molecule has 2 nitrogen and oxygen atoms in total. The first kappa shape index (κ1) is 12.6. The molecule has 0 saturated heterocycles. The van der Waals surface area contributed by atoms with Crippen molar-refractivity contribution in [2.45, 2.75) is 33.3 Å². The first-order valence-electron chi connectivity index (χ1n) is 5.88. The summed E-state index contributed by atoms with van der Waals surface area (Å²) in [6, 6.07) is 8.09. The summed E-state index contributed by atoms with van der Waals surface area (Å²) in [5.74, 6) is 0.930. The topological polar surface area (TPSA) is 21.3 Å². The largest absolute Gasteiger partial charge is 0.491 e. The lowest BCUT2D eigenvalue weighted by Crippen LogP contribution is -2.09. The fourth-order valence-corrected chi connectivity index (χ4v) is 1.29. The Morgan fingerprint density at radius 3 is 2.94 bits per heavy atom. The van der Waals surface area contributed by atoms with E-state index in [1.807, 2.05) is 37.3 Å². The van der Waals surface area contributed by atoms with Crippen LogP contribution in [0.2, 0.25) is 0 Å². The van der Waals surface area contributed by atoms with Gasteiger partial charge in [0.15, 0.2) is 0 Å². The van der Waals surface area contributed by atoms with Crippen LogP contribution >= 0.6 is 0 Å². The quantitative estimate of drug-likeness (QED) is 0.734. The van der Waals surface area contributed by atoms with Crippen molar-refractivity contribution >= 4 is 5.69 Å². The van der Waals surface area contributed by atoms with Gasteiger partial charge in [0.1, 0.15) is 5.75 Å². The van der Waals surface area contributed by atoms with Crippen molar-refractivity contribution in [2.24, 2.45) is 0 Å². The van der Waals surface area contributed by atoms with Crippen LogP contribution in [0.15, 0.2) is 36.4 Å². The molecule has 1 rings (SSSR count). The average Bonchev–Trinajstić information content (AvgIpc) is 2.30. The highest BCUT2D eigenvalue weighted by Crippen LogP contribution is 2.18. The second-order valence-corrected chi connectivity index (χ2v) is 3.81. The highest BCUT2D eigenvalue weighted by molar-refractivity contribution is 5.48. The number of hydrogen-bond acceptors (Lipinski definition) is 2. The molecule has 1 atom stereocenters. The summed E-state index contributed by atoms with van der Waals surface area (Å²) in [7, 11) is 0. The van der Waals surface area contributed by atoms with E-state index < -0.39 is 0 Å². The van der Waals surface area contributed by atoms with E-state index in [-0.39, 0.29) is 6.10 Å². The van der Waals surface area contributed by atoms with Gasteiger partial charge in [0.2, 0.25) is 0 Å². The standard InChI is InChI=1S/C14H21NO/c1-4-6-10-15-13-8-7-9-14(11-13)16-12(3)5-2/h4,6-9,11-12,15H,5,10H2,1-3H3/b6-4+. The number of anilines is 1. The third kappa shape index (κ3) is 4.39. The van der Waals surface area contributed by atoms with Crippen molar-refractivity contribution < 1.29 is 4.74 Å². The summed E-state index contributed by atoms with van der Waals surface area (Å²) in [6.07, 6.45) is 5.41. The molecule has 1 aromatic rings. The van der Waals surface area contributed by atoms with Crippen molar-refractivity contribution in [3.05, 3.63) is 36.4 Å². The summed E-state index contributed by atoms with van der Waals surface area (Å²) in [5, 5.41) is 3.31. The fourth-order valence-electron chi connectivity index (χ4n) is 1.29. The zero-order valence-electron chi connectivity index (χ0n) is 10.4. The molecule has 0 radical (unpaired) electrons. The van der Waals surface area contributed by atoms with E-state index in [2.05, 4.69) is 25.2 Å². The molecular weight excluding hydrogens is 198 g/mol. The molecule has 0 saturated carbocycles. The van der Waals surface area contributed by atoms with Crippen LogP contribution in [0.4, 0.5) is 5.69 Å². The lowest BCUT2D eigenvalue weighted by Gasteiger charge is -2.13. The molecule has 16 heavy (non-hydrogen) atoms. The zero-order chi connectivity index (χ0) is 11.8. The highest BCUT2D eigenvalue weighted by atomic mass is 16.5. The van der Waals surface area contributed by atoms with Gasteiger partial charge in [-0.15, -0.1) is 0 Å². The number of rotatable bonds is 6. The van der Waals surface area contributed by atoms with Crippen LogP contribution in [0.5, 0.6) is 5.75 Å². The van der Waals surface area contributed by atoms with Gasteiger partial charge in [-0.25, -0.2) is 0 Å². The van der Waals surface area contributed by atoms with Crippen LogP contribution in [0.3, 0.4) is 0 Å². The minimum atomic E-state index is 0.269. The Balaban J connectivity index is 2.56. The van der Waals surface area contributed by atoms with Crippen LogP contribution in [0, 0.1) is 0 Å². The summed E-state index contributed by atoms with van der Waals surface area (Å²) < 4.78 is 5.75. The minimum absolute atomic E-state index is 0.269. The van der Waals surface area contributed by atoms with Gasteiger partial charge in [0, 0.05) is 18.3 Å². The molecule has 1 aromatic carbocycles. The highest BCUT2D eigenvalue weighted by Gasteiger charge is 2.01. The number of allylic oxidation sites excluding steroid dienone is 1. The molecule has 0 spiro atoms. The maximum Gasteiger partial charge on any atom is 0.121 e. The molecule has 2 heteroatoms. The third-order valence-electron chi connectivity index (χ3n) is 2.41. The predicted octanol–water partition coefficient (Wildman–Crippen LogP) is 3.85. The molecule has 0 aliphatic carbocycles. The average molecular weight is 219 g/mol. The molecule has 0 aromatic heterocycles.